The van der Waals surface area contributed by atoms with Crippen LogP contribution < -0.4 is 5.73 Å². The average Bonchev–Trinajstić information content (AvgIpc) is 2.64. The predicted octanol–water partition coefficient (Wildman–Crippen LogP) is 2.13. The molecule has 0 aliphatic carbocycles. The minimum atomic E-state index is 0.152. The maximum absolute atomic E-state index is 6.46. The third-order valence-electron chi connectivity index (χ3n) is 4.78. The van der Waals surface area contributed by atoms with Gasteiger partial charge in [0.2, 0.25) is 0 Å². The van der Waals surface area contributed by atoms with E-state index < -0.39 is 0 Å². The Bertz CT molecular complexity index is 648. The predicted molar refractivity (Wildman–Crippen MR) is 79.2 cm³/mol. The summed E-state index contributed by atoms with van der Waals surface area (Å²) in [6.07, 6.45) is 3.12. The molecular formula is C16H21N3O. The number of hydroxylamine groups is 2. The number of hydrogen-bond donors (Lipinski definition) is 1. The lowest BCUT2D eigenvalue weighted by atomic mass is 9.92. The van der Waals surface area contributed by atoms with Crippen LogP contribution in [-0.2, 0) is 18.3 Å². The third-order valence-corrected chi connectivity index (χ3v) is 4.78. The highest BCUT2D eigenvalue weighted by molar-refractivity contribution is 5.86. The molecule has 4 heteroatoms. The minimum absolute atomic E-state index is 0.152. The molecule has 0 spiro atoms. The van der Waals surface area contributed by atoms with Gasteiger partial charge in [0.05, 0.1) is 12.6 Å². The van der Waals surface area contributed by atoms with Crippen molar-refractivity contribution < 1.29 is 4.84 Å². The van der Waals surface area contributed by atoms with Crippen molar-refractivity contribution in [2.24, 2.45) is 12.8 Å². The van der Waals surface area contributed by atoms with Gasteiger partial charge in [0.15, 0.2) is 0 Å². The van der Waals surface area contributed by atoms with Crippen molar-refractivity contribution in [2.45, 2.75) is 31.3 Å². The van der Waals surface area contributed by atoms with Crippen molar-refractivity contribution in [3.63, 3.8) is 0 Å². The zero-order valence-corrected chi connectivity index (χ0v) is 11.9. The Morgan fingerprint density at radius 2 is 2.15 bits per heavy atom. The highest BCUT2D eigenvalue weighted by atomic mass is 16.7. The molecule has 2 aromatic rings. The number of rotatable bonds is 0. The van der Waals surface area contributed by atoms with Crippen molar-refractivity contribution in [1.29, 1.82) is 0 Å². The van der Waals surface area contributed by atoms with Crippen LogP contribution in [0.1, 0.15) is 30.1 Å². The fourth-order valence-electron chi connectivity index (χ4n) is 3.85. The molecule has 2 atom stereocenters. The van der Waals surface area contributed by atoms with Crippen molar-refractivity contribution in [3.8, 4) is 0 Å². The number of aryl methyl sites for hydroxylation is 1. The number of fused-ring (bicyclic) bond motifs is 5. The van der Waals surface area contributed by atoms with Crippen LogP contribution in [-0.4, -0.2) is 28.8 Å². The molecule has 2 aliphatic heterocycles. The highest BCUT2D eigenvalue weighted by Crippen LogP contribution is 2.39. The van der Waals surface area contributed by atoms with Gasteiger partial charge in [-0.15, -0.1) is 0 Å². The standard InChI is InChI=1S/C16H21N3O/c1-18-14-7-3-2-5-11(14)12-8-9-19-16(15(12)18)13(17)6-4-10-20-19/h2-3,5,7,13,16H,4,6,8-10,17H2,1H3/t13-,16-/m0/s1. The maximum Gasteiger partial charge on any atom is 0.0907 e. The molecule has 2 aliphatic rings. The Morgan fingerprint density at radius 1 is 1.30 bits per heavy atom. The average molecular weight is 271 g/mol. The van der Waals surface area contributed by atoms with Crippen LogP contribution in [0.15, 0.2) is 24.3 Å². The zero-order chi connectivity index (χ0) is 13.7. The molecule has 1 saturated heterocycles. The van der Waals surface area contributed by atoms with Gasteiger partial charge < -0.3 is 10.3 Å². The first kappa shape index (κ1) is 12.4. The van der Waals surface area contributed by atoms with E-state index in [4.69, 9.17) is 10.6 Å². The summed E-state index contributed by atoms with van der Waals surface area (Å²) in [5.41, 5.74) is 10.6. The molecule has 1 aromatic carbocycles. The van der Waals surface area contributed by atoms with E-state index in [0.717, 1.165) is 32.4 Å². The first-order valence-electron chi connectivity index (χ1n) is 7.48. The zero-order valence-electron chi connectivity index (χ0n) is 11.9. The van der Waals surface area contributed by atoms with Crippen LogP contribution in [0, 0.1) is 0 Å². The number of aromatic nitrogens is 1. The van der Waals surface area contributed by atoms with E-state index in [0.29, 0.717) is 0 Å². The lowest BCUT2D eigenvalue weighted by molar-refractivity contribution is -0.187. The summed E-state index contributed by atoms with van der Waals surface area (Å²) in [4.78, 5) is 5.93. The van der Waals surface area contributed by atoms with Crippen molar-refractivity contribution >= 4 is 10.9 Å². The summed E-state index contributed by atoms with van der Waals surface area (Å²) in [7, 11) is 2.16. The molecule has 0 saturated carbocycles. The number of para-hydroxylation sites is 1. The first-order valence-corrected chi connectivity index (χ1v) is 7.48. The molecule has 4 nitrogen and oxygen atoms in total. The lowest BCUT2D eigenvalue weighted by Crippen LogP contribution is -2.44. The van der Waals surface area contributed by atoms with Gasteiger partial charge in [-0.25, -0.2) is 0 Å². The van der Waals surface area contributed by atoms with Gasteiger partial charge in [0.25, 0.3) is 0 Å². The van der Waals surface area contributed by atoms with E-state index >= 15 is 0 Å². The first-order chi connectivity index (χ1) is 9.77. The van der Waals surface area contributed by atoms with Crippen LogP contribution >= 0.6 is 0 Å². The van der Waals surface area contributed by atoms with Crippen molar-refractivity contribution in [2.75, 3.05) is 13.2 Å². The second-order valence-electron chi connectivity index (χ2n) is 5.91. The molecule has 1 fully saturated rings. The number of nitrogens with zero attached hydrogens (tertiary/aromatic N) is 2. The molecule has 1 aromatic heterocycles. The van der Waals surface area contributed by atoms with Crippen molar-refractivity contribution in [1.82, 2.24) is 9.63 Å². The van der Waals surface area contributed by atoms with Crippen LogP contribution in [0.5, 0.6) is 0 Å². The van der Waals surface area contributed by atoms with Crippen LogP contribution in [0.4, 0.5) is 0 Å². The monoisotopic (exact) mass is 271 g/mol. The largest absolute Gasteiger partial charge is 0.346 e. The van der Waals surface area contributed by atoms with E-state index in [9.17, 15) is 0 Å². The molecule has 0 bridgehead atoms. The van der Waals surface area contributed by atoms with Crippen LogP contribution in [0.3, 0.4) is 0 Å². The Kier molecular flexibility index (Phi) is 2.84. The number of benzene rings is 1. The summed E-state index contributed by atoms with van der Waals surface area (Å²) < 4.78 is 2.32. The van der Waals surface area contributed by atoms with Gasteiger partial charge in [-0.1, -0.05) is 18.2 Å². The molecule has 20 heavy (non-hydrogen) atoms. The Hall–Kier alpha value is -1.36. The normalized spacial score (nSPS) is 27.1. The molecule has 0 unspecified atom stereocenters. The highest BCUT2D eigenvalue weighted by Gasteiger charge is 2.37. The Morgan fingerprint density at radius 3 is 3.05 bits per heavy atom. The minimum Gasteiger partial charge on any atom is -0.346 e. The quantitative estimate of drug-likeness (QED) is 0.798. The molecule has 0 amide bonds. The topological polar surface area (TPSA) is 43.4 Å². The third kappa shape index (κ3) is 1.65. The number of nitrogens with two attached hydrogens (primary N) is 1. The van der Waals surface area contributed by atoms with E-state index in [1.807, 2.05) is 0 Å². The van der Waals surface area contributed by atoms with E-state index in [-0.39, 0.29) is 12.1 Å². The maximum atomic E-state index is 6.46. The molecule has 4 rings (SSSR count). The van der Waals surface area contributed by atoms with Gasteiger partial charge in [-0.3, -0.25) is 4.84 Å². The molecule has 0 radical (unpaired) electrons. The van der Waals surface area contributed by atoms with E-state index in [1.165, 1.54) is 22.2 Å². The SMILES string of the molecule is Cn1c2c(c3ccccc31)CCN1OCCC[C@H](N)[C@@H]21. The van der Waals surface area contributed by atoms with Gasteiger partial charge in [-0.2, -0.15) is 5.06 Å². The van der Waals surface area contributed by atoms with Crippen LogP contribution in [0.2, 0.25) is 0 Å². The van der Waals surface area contributed by atoms with Gasteiger partial charge >= 0.3 is 0 Å². The molecule has 3 heterocycles. The summed E-state index contributed by atoms with van der Waals surface area (Å²) in [6.45, 7) is 1.74. The summed E-state index contributed by atoms with van der Waals surface area (Å²) in [6, 6.07) is 9.00. The molecule has 106 valence electrons. The van der Waals surface area contributed by atoms with E-state index in [2.05, 4.69) is 40.9 Å². The Balaban J connectivity index is 1.94. The van der Waals surface area contributed by atoms with Gasteiger partial charge in [-0.05, 0) is 30.9 Å². The second kappa shape index (κ2) is 4.58. The fourth-order valence-corrected chi connectivity index (χ4v) is 3.85. The summed E-state index contributed by atoms with van der Waals surface area (Å²) in [5, 5.41) is 3.50. The van der Waals surface area contributed by atoms with Gasteiger partial charge in [0.1, 0.15) is 0 Å². The van der Waals surface area contributed by atoms with Crippen LogP contribution in [0.25, 0.3) is 10.9 Å². The smallest absolute Gasteiger partial charge is 0.0907 e. The lowest BCUT2D eigenvalue weighted by Gasteiger charge is -2.36. The molecular weight excluding hydrogens is 250 g/mol. The summed E-state index contributed by atoms with van der Waals surface area (Å²) in [5.74, 6) is 0. The Labute approximate surface area is 119 Å². The van der Waals surface area contributed by atoms with Gasteiger partial charge in [0, 0.05) is 36.2 Å². The number of hydrogen-bond acceptors (Lipinski definition) is 3. The van der Waals surface area contributed by atoms with E-state index in [1.54, 1.807) is 0 Å². The second-order valence-corrected chi connectivity index (χ2v) is 5.91. The summed E-state index contributed by atoms with van der Waals surface area (Å²) >= 11 is 0. The fraction of sp³-hybridized carbons (Fsp3) is 0.500. The van der Waals surface area contributed by atoms with Crippen molar-refractivity contribution in [3.05, 3.63) is 35.5 Å². The molecule has 2 N–H and O–H groups in total.